The molecule has 2 rings (SSSR count). The summed E-state index contributed by atoms with van der Waals surface area (Å²) in [5.41, 5.74) is -0.206. The van der Waals surface area contributed by atoms with E-state index in [9.17, 15) is 32.7 Å². The van der Waals surface area contributed by atoms with E-state index in [2.05, 4.69) is 15.4 Å². The molecule has 0 aromatic heterocycles. The number of methoxy groups -OCH3 is 1. The number of carbonyl (C=O) groups excluding carboxylic acids is 3. The molecular weight excluding hydrogens is 393 g/mol. The van der Waals surface area contributed by atoms with Gasteiger partial charge in [-0.1, -0.05) is 12.1 Å². The average Bonchev–Trinajstić information content (AvgIpc) is 2.71. The number of hydrogen-bond acceptors (Lipinski definition) is 5. The largest absolute Gasteiger partial charge is 0.465 e. The van der Waals surface area contributed by atoms with Gasteiger partial charge < -0.3 is 20.5 Å². The van der Waals surface area contributed by atoms with E-state index in [1.165, 1.54) is 31.4 Å². The minimum atomic E-state index is -4.50. The molecule has 0 aliphatic rings. The number of alkyl halides is 3. The molecule has 2 amide bonds. The zero-order valence-electron chi connectivity index (χ0n) is 15.1. The van der Waals surface area contributed by atoms with Gasteiger partial charge in [-0.05, 0) is 42.0 Å². The number of amides is 2. The molecule has 2 aromatic rings. The van der Waals surface area contributed by atoms with Crippen LogP contribution in [0, 0.1) is 0 Å². The lowest BCUT2D eigenvalue weighted by Gasteiger charge is -2.13. The number of nitrogens with one attached hydrogen (secondary N) is 2. The zero-order chi connectivity index (χ0) is 21.6. The third-order valence-corrected chi connectivity index (χ3v) is 3.85. The number of benzene rings is 2. The van der Waals surface area contributed by atoms with Crippen molar-refractivity contribution in [3.05, 3.63) is 65.2 Å². The normalized spacial score (nSPS) is 12.0. The van der Waals surface area contributed by atoms with E-state index in [4.69, 9.17) is 0 Å². The minimum Gasteiger partial charge on any atom is -0.465 e. The highest BCUT2D eigenvalue weighted by Crippen LogP contribution is 2.29. The van der Waals surface area contributed by atoms with Gasteiger partial charge in [0.25, 0.3) is 0 Å². The topological polar surface area (TPSA) is 105 Å². The van der Waals surface area contributed by atoms with Gasteiger partial charge in [0.1, 0.15) is 0 Å². The molecular formula is C19H17F3N2O5. The second kappa shape index (κ2) is 9.20. The van der Waals surface area contributed by atoms with Crippen molar-refractivity contribution in [1.82, 2.24) is 5.32 Å². The lowest BCUT2D eigenvalue weighted by atomic mass is 10.1. The SMILES string of the molecule is COC(=O)c1ccc(NC(=O)C(=O)NC[C@@H](O)c2ccc(C(F)(F)F)cc2)cc1. The summed E-state index contributed by atoms with van der Waals surface area (Å²) < 4.78 is 42.1. The molecule has 0 bridgehead atoms. The van der Waals surface area contributed by atoms with Crippen LogP contribution in [0.3, 0.4) is 0 Å². The maximum absolute atomic E-state index is 12.5. The van der Waals surface area contributed by atoms with Crippen molar-refractivity contribution in [2.45, 2.75) is 12.3 Å². The molecule has 0 saturated heterocycles. The van der Waals surface area contributed by atoms with Gasteiger partial charge in [0, 0.05) is 12.2 Å². The molecule has 0 fully saturated rings. The Morgan fingerprint density at radius 2 is 1.59 bits per heavy atom. The fraction of sp³-hybridized carbons (Fsp3) is 0.211. The third-order valence-electron chi connectivity index (χ3n) is 3.85. The number of rotatable bonds is 5. The van der Waals surface area contributed by atoms with E-state index in [0.717, 1.165) is 24.3 Å². The van der Waals surface area contributed by atoms with Gasteiger partial charge in [-0.25, -0.2) is 4.79 Å². The Kier molecular flexibility index (Phi) is 6.94. The average molecular weight is 410 g/mol. The Balaban J connectivity index is 1.88. The van der Waals surface area contributed by atoms with Crippen molar-refractivity contribution in [3.8, 4) is 0 Å². The van der Waals surface area contributed by atoms with Gasteiger partial charge in [0.05, 0.1) is 24.3 Å². The van der Waals surface area contributed by atoms with Crippen LogP contribution in [0.1, 0.15) is 27.6 Å². The van der Waals surface area contributed by atoms with Crippen molar-refractivity contribution in [1.29, 1.82) is 0 Å². The Morgan fingerprint density at radius 1 is 1.00 bits per heavy atom. The molecule has 29 heavy (non-hydrogen) atoms. The van der Waals surface area contributed by atoms with Crippen LogP contribution < -0.4 is 10.6 Å². The second-order valence-electron chi connectivity index (χ2n) is 5.87. The highest BCUT2D eigenvalue weighted by atomic mass is 19.4. The first-order chi connectivity index (χ1) is 13.6. The van der Waals surface area contributed by atoms with Crippen LogP contribution in [0.2, 0.25) is 0 Å². The predicted molar refractivity (Wildman–Crippen MR) is 95.8 cm³/mol. The van der Waals surface area contributed by atoms with Crippen LogP contribution in [0.4, 0.5) is 18.9 Å². The van der Waals surface area contributed by atoms with E-state index in [-0.39, 0.29) is 23.4 Å². The van der Waals surface area contributed by atoms with Crippen molar-refractivity contribution >= 4 is 23.5 Å². The predicted octanol–water partition coefficient (Wildman–Crippen LogP) is 2.28. The van der Waals surface area contributed by atoms with Crippen LogP contribution >= 0.6 is 0 Å². The van der Waals surface area contributed by atoms with Crippen molar-refractivity contribution in [3.63, 3.8) is 0 Å². The Hall–Kier alpha value is -3.40. The van der Waals surface area contributed by atoms with Gasteiger partial charge in [-0.15, -0.1) is 0 Å². The summed E-state index contributed by atoms with van der Waals surface area (Å²) in [5.74, 6) is -2.62. The Morgan fingerprint density at radius 3 is 2.10 bits per heavy atom. The minimum absolute atomic E-state index is 0.150. The molecule has 3 N–H and O–H groups in total. The fourth-order valence-corrected chi connectivity index (χ4v) is 2.28. The lowest BCUT2D eigenvalue weighted by Crippen LogP contribution is -2.37. The Bertz CT molecular complexity index is 880. The van der Waals surface area contributed by atoms with E-state index < -0.39 is 35.6 Å². The summed E-state index contributed by atoms with van der Waals surface area (Å²) in [7, 11) is 1.22. The van der Waals surface area contributed by atoms with Gasteiger partial charge >= 0.3 is 24.0 Å². The summed E-state index contributed by atoms with van der Waals surface area (Å²) in [6.07, 6.45) is -5.79. The van der Waals surface area contributed by atoms with Crippen molar-refractivity contribution in [2.75, 3.05) is 19.0 Å². The number of hydrogen-bond donors (Lipinski definition) is 3. The van der Waals surface area contributed by atoms with Crippen LogP contribution in [0.25, 0.3) is 0 Å². The summed E-state index contributed by atoms with van der Waals surface area (Å²) in [5, 5.41) is 14.5. The zero-order valence-corrected chi connectivity index (χ0v) is 15.1. The van der Waals surface area contributed by atoms with E-state index in [1.54, 1.807) is 0 Å². The number of aliphatic hydroxyl groups excluding tert-OH is 1. The highest BCUT2D eigenvalue weighted by Gasteiger charge is 2.30. The van der Waals surface area contributed by atoms with Gasteiger partial charge in [0.2, 0.25) is 0 Å². The van der Waals surface area contributed by atoms with Gasteiger partial charge in [0.15, 0.2) is 0 Å². The van der Waals surface area contributed by atoms with Gasteiger partial charge in [-0.2, -0.15) is 13.2 Å². The highest BCUT2D eigenvalue weighted by molar-refractivity contribution is 6.39. The lowest BCUT2D eigenvalue weighted by molar-refractivity contribution is -0.137. The molecule has 1 atom stereocenters. The Labute approximate surface area is 163 Å². The number of carbonyl (C=O) groups is 3. The summed E-state index contributed by atoms with van der Waals surface area (Å²) in [6.45, 7) is -0.376. The maximum atomic E-state index is 12.5. The number of anilines is 1. The third kappa shape index (κ3) is 6.04. The van der Waals surface area contributed by atoms with E-state index >= 15 is 0 Å². The fourth-order valence-electron chi connectivity index (χ4n) is 2.28. The molecule has 154 valence electrons. The summed E-state index contributed by atoms with van der Waals surface area (Å²) in [6, 6.07) is 9.38. The van der Waals surface area contributed by atoms with Crippen LogP contribution in [0.15, 0.2) is 48.5 Å². The number of esters is 1. The maximum Gasteiger partial charge on any atom is 0.416 e. The van der Waals surface area contributed by atoms with Crippen molar-refractivity contribution < 1.29 is 37.4 Å². The van der Waals surface area contributed by atoms with Crippen LogP contribution in [-0.4, -0.2) is 36.5 Å². The smallest absolute Gasteiger partial charge is 0.416 e. The molecule has 0 aliphatic heterocycles. The molecule has 2 aromatic carbocycles. The number of ether oxygens (including phenoxy) is 1. The summed E-state index contributed by atoms with van der Waals surface area (Å²) >= 11 is 0. The summed E-state index contributed by atoms with van der Waals surface area (Å²) in [4.78, 5) is 35.0. The molecule has 7 nitrogen and oxygen atoms in total. The quantitative estimate of drug-likeness (QED) is 0.518. The molecule has 0 radical (unpaired) electrons. The first-order valence-electron chi connectivity index (χ1n) is 8.24. The first kappa shape index (κ1) is 21.9. The molecule has 10 heteroatoms. The van der Waals surface area contributed by atoms with Crippen molar-refractivity contribution in [2.24, 2.45) is 0 Å². The second-order valence-corrected chi connectivity index (χ2v) is 5.87. The van der Waals surface area contributed by atoms with Gasteiger partial charge in [-0.3, -0.25) is 9.59 Å². The van der Waals surface area contributed by atoms with Crippen LogP contribution in [0.5, 0.6) is 0 Å². The molecule has 0 saturated carbocycles. The first-order valence-corrected chi connectivity index (χ1v) is 8.24. The standard InChI is InChI=1S/C19H17F3N2O5/c1-29-18(28)12-4-8-14(9-5-12)24-17(27)16(26)23-10-15(25)11-2-6-13(7-3-11)19(20,21)22/h2-9,15,25H,10H2,1H3,(H,23,26)(H,24,27)/t15-/m1/s1. The van der Waals surface area contributed by atoms with Crippen LogP contribution in [-0.2, 0) is 20.5 Å². The number of aliphatic hydroxyl groups is 1. The molecule has 0 spiro atoms. The molecule has 0 unspecified atom stereocenters. The van der Waals surface area contributed by atoms with E-state index in [1.807, 2.05) is 0 Å². The number of halogens is 3. The molecule has 0 aliphatic carbocycles. The molecule has 0 heterocycles. The monoisotopic (exact) mass is 410 g/mol. The van der Waals surface area contributed by atoms with E-state index in [0.29, 0.717) is 0 Å².